The molecule has 7 nitrogen and oxygen atoms in total. The third-order valence-electron chi connectivity index (χ3n) is 6.53. The lowest BCUT2D eigenvalue weighted by atomic mass is 9.82. The maximum absolute atomic E-state index is 14.9. The van der Waals surface area contributed by atoms with Gasteiger partial charge in [0, 0.05) is 41.7 Å². The number of halogens is 2. The number of fused-ring (bicyclic) bond motifs is 1. The van der Waals surface area contributed by atoms with Gasteiger partial charge in [0.1, 0.15) is 5.82 Å². The van der Waals surface area contributed by atoms with E-state index in [0.29, 0.717) is 42.4 Å². The number of benzene rings is 1. The van der Waals surface area contributed by atoms with Crippen molar-refractivity contribution in [1.82, 2.24) is 15.3 Å². The van der Waals surface area contributed by atoms with Crippen LogP contribution in [0.1, 0.15) is 43.2 Å². The monoisotopic (exact) mass is 496 g/mol. The maximum atomic E-state index is 14.9. The van der Waals surface area contributed by atoms with Crippen LogP contribution in [0.2, 0.25) is 5.02 Å². The molecule has 0 radical (unpaired) electrons. The summed E-state index contributed by atoms with van der Waals surface area (Å²) in [4.78, 5) is 31.3. The van der Waals surface area contributed by atoms with Crippen molar-refractivity contribution in [3.8, 4) is 17.0 Å². The molecule has 182 valence electrons. The molecule has 9 heteroatoms. The number of pyridine rings is 2. The summed E-state index contributed by atoms with van der Waals surface area (Å²) in [6, 6.07) is 7.05. The second kappa shape index (κ2) is 9.70. The first-order valence-electron chi connectivity index (χ1n) is 11.7. The molecule has 1 aromatic carbocycles. The van der Waals surface area contributed by atoms with E-state index in [0.717, 1.165) is 11.1 Å². The fraction of sp³-hybridized carbons (Fsp3) is 0.346. The molecule has 3 N–H and O–H groups in total. The number of amides is 2. The molecule has 0 aliphatic heterocycles. The van der Waals surface area contributed by atoms with Crippen LogP contribution in [0.4, 0.5) is 14.9 Å². The first-order chi connectivity index (χ1) is 16.9. The largest absolute Gasteiger partial charge is 0.477 e. The average molecular weight is 497 g/mol. The highest BCUT2D eigenvalue weighted by molar-refractivity contribution is 6.33. The van der Waals surface area contributed by atoms with Crippen molar-refractivity contribution in [1.29, 1.82) is 0 Å². The van der Waals surface area contributed by atoms with Crippen LogP contribution in [-0.4, -0.2) is 28.6 Å². The number of nitrogens with one attached hydrogen (secondary N) is 3. The maximum Gasteiger partial charge on any atom is 0.319 e. The van der Waals surface area contributed by atoms with Gasteiger partial charge in [0.05, 0.1) is 17.3 Å². The first kappa shape index (κ1) is 23.4. The van der Waals surface area contributed by atoms with Crippen LogP contribution in [-0.2, 0) is 6.42 Å². The van der Waals surface area contributed by atoms with Crippen molar-refractivity contribution in [2.75, 3.05) is 11.9 Å². The number of carbonyl (C=O) groups excluding carboxylic acids is 1. The van der Waals surface area contributed by atoms with Crippen LogP contribution in [0.25, 0.3) is 11.1 Å². The van der Waals surface area contributed by atoms with Gasteiger partial charge in [-0.1, -0.05) is 18.5 Å². The third kappa shape index (κ3) is 5.48. The Labute approximate surface area is 207 Å². The SMILES string of the molecule is CC1CC(NC(=O)Nc2cc(Cl)c(-c3ccc(OCC4CC4)nc3)cc2F)Cc2cc(=O)[nH]cc21. The van der Waals surface area contributed by atoms with Crippen molar-refractivity contribution in [3.05, 3.63) is 75.0 Å². The molecular formula is C26H26ClFN4O3. The highest BCUT2D eigenvalue weighted by Gasteiger charge is 2.26. The Balaban J connectivity index is 1.24. The van der Waals surface area contributed by atoms with Crippen molar-refractivity contribution in [2.24, 2.45) is 5.92 Å². The molecular weight excluding hydrogens is 471 g/mol. The topological polar surface area (TPSA) is 96.1 Å². The molecule has 2 aliphatic rings. The predicted molar refractivity (Wildman–Crippen MR) is 133 cm³/mol. The summed E-state index contributed by atoms with van der Waals surface area (Å²) >= 11 is 6.42. The number of hydrogen-bond acceptors (Lipinski definition) is 4. The predicted octanol–water partition coefficient (Wildman–Crippen LogP) is 5.26. The lowest BCUT2D eigenvalue weighted by molar-refractivity contribution is 0.246. The summed E-state index contributed by atoms with van der Waals surface area (Å²) in [7, 11) is 0. The summed E-state index contributed by atoms with van der Waals surface area (Å²) in [6.07, 6.45) is 6.96. The van der Waals surface area contributed by atoms with Crippen LogP contribution >= 0.6 is 11.6 Å². The number of nitrogens with zero attached hydrogens (tertiary/aromatic N) is 1. The molecule has 2 unspecified atom stereocenters. The van der Waals surface area contributed by atoms with Gasteiger partial charge in [-0.15, -0.1) is 0 Å². The molecule has 2 aliphatic carbocycles. The summed E-state index contributed by atoms with van der Waals surface area (Å²) in [5, 5.41) is 5.73. The van der Waals surface area contributed by atoms with E-state index < -0.39 is 11.8 Å². The van der Waals surface area contributed by atoms with Gasteiger partial charge in [-0.3, -0.25) is 4.79 Å². The number of H-pyrrole nitrogens is 1. The van der Waals surface area contributed by atoms with Gasteiger partial charge >= 0.3 is 6.03 Å². The van der Waals surface area contributed by atoms with Crippen molar-refractivity contribution >= 4 is 23.3 Å². The van der Waals surface area contributed by atoms with Crippen molar-refractivity contribution in [2.45, 2.75) is 44.6 Å². The van der Waals surface area contributed by atoms with Crippen molar-refractivity contribution < 1.29 is 13.9 Å². The van der Waals surface area contributed by atoms with E-state index in [9.17, 15) is 14.0 Å². The molecule has 2 amide bonds. The number of anilines is 1. The van der Waals surface area contributed by atoms with Gasteiger partial charge in [-0.25, -0.2) is 14.2 Å². The number of urea groups is 1. The Morgan fingerprint density at radius 3 is 2.86 bits per heavy atom. The Bertz CT molecular complexity index is 1310. The molecule has 0 saturated heterocycles. The zero-order chi connectivity index (χ0) is 24.5. The normalized spacial score (nSPS) is 19.1. The zero-order valence-electron chi connectivity index (χ0n) is 19.2. The Morgan fingerprint density at radius 1 is 1.29 bits per heavy atom. The molecule has 1 saturated carbocycles. The second-order valence-corrected chi connectivity index (χ2v) is 9.77. The van der Waals surface area contributed by atoms with E-state index in [4.69, 9.17) is 16.3 Å². The standard InChI is InChI=1S/C26H26ClFN4O3/c1-14-6-18(7-17-8-24(33)29-12-20(14)17)31-26(34)32-23-10-21(27)19(9-22(23)28)16-4-5-25(30-11-16)35-13-15-2-3-15/h4-5,8-12,14-15,18H,2-3,6-7,13H2,1H3,(H,29,33)(H2,31,32,34). The van der Waals surface area contributed by atoms with E-state index in [1.807, 2.05) is 6.92 Å². The average Bonchev–Trinajstić information content (AvgIpc) is 3.64. The minimum Gasteiger partial charge on any atom is -0.477 e. The smallest absolute Gasteiger partial charge is 0.319 e. The van der Waals surface area contributed by atoms with Gasteiger partial charge in [0.2, 0.25) is 11.4 Å². The number of ether oxygens (including phenoxy) is 1. The van der Waals surface area contributed by atoms with Crippen molar-refractivity contribution in [3.63, 3.8) is 0 Å². The number of hydrogen-bond donors (Lipinski definition) is 3. The summed E-state index contributed by atoms with van der Waals surface area (Å²) < 4.78 is 20.5. The Hall–Kier alpha value is -3.39. The van der Waals surface area contributed by atoms with Crippen LogP contribution in [0.15, 0.2) is 47.5 Å². The quantitative estimate of drug-likeness (QED) is 0.434. The Morgan fingerprint density at radius 2 is 2.11 bits per heavy atom. The minimum absolute atomic E-state index is 0.0192. The number of carbonyl (C=O) groups is 1. The van der Waals surface area contributed by atoms with Crippen LogP contribution in [0, 0.1) is 11.7 Å². The summed E-state index contributed by atoms with van der Waals surface area (Å²) in [5.74, 6) is 0.711. The minimum atomic E-state index is -0.609. The van der Waals surface area contributed by atoms with Gasteiger partial charge in [0.15, 0.2) is 0 Å². The number of rotatable bonds is 6. The van der Waals surface area contributed by atoms with E-state index >= 15 is 0 Å². The van der Waals surface area contributed by atoms with E-state index in [1.54, 1.807) is 30.6 Å². The molecule has 5 rings (SSSR count). The van der Waals surface area contributed by atoms with E-state index in [-0.39, 0.29) is 28.2 Å². The van der Waals surface area contributed by atoms with Crippen LogP contribution < -0.4 is 20.9 Å². The lowest BCUT2D eigenvalue weighted by Gasteiger charge is -2.29. The number of aromatic nitrogens is 2. The van der Waals surface area contributed by atoms with Gasteiger partial charge in [-0.05, 0) is 66.8 Å². The molecule has 0 bridgehead atoms. The van der Waals surface area contributed by atoms with Gasteiger partial charge in [0.25, 0.3) is 0 Å². The molecule has 2 heterocycles. The summed E-state index contributed by atoms with van der Waals surface area (Å²) in [5.41, 5.74) is 2.91. The van der Waals surface area contributed by atoms with Gasteiger partial charge < -0.3 is 20.4 Å². The van der Waals surface area contributed by atoms with Crippen LogP contribution in [0.5, 0.6) is 5.88 Å². The Kier molecular flexibility index (Phi) is 6.47. The van der Waals surface area contributed by atoms with E-state index in [1.165, 1.54) is 25.0 Å². The molecule has 1 fully saturated rings. The fourth-order valence-electron chi connectivity index (χ4n) is 4.49. The van der Waals surface area contributed by atoms with E-state index in [2.05, 4.69) is 20.6 Å². The highest BCUT2D eigenvalue weighted by atomic mass is 35.5. The highest BCUT2D eigenvalue weighted by Crippen LogP contribution is 2.34. The molecule has 2 aromatic heterocycles. The molecule has 0 spiro atoms. The fourth-order valence-corrected chi connectivity index (χ4v) is 4.77. The lowest BCUT2D eigenvalue weighted by Crippen LogP contribution is -2.42. The first-order valence-corrected chi connectivity index (χ1v) is 12.1. The summed E-state index contributed by atoms with van der Waals surface area (Å²) in [6.45, 7) is 2.70. The zero-order valence-corrected chi connectivity index (χ0v) is 20.0. The second-order valence-electron chi connectivity index (χ2n) is 9.37. The molecule has 35 heavy (non-hydrogen) atoms. The van der Waals surface area contributed by atoms with Gasteiger partial charge in [-0.2, -0.15) is 0 Å². The third-order valence-corrected chi connectivity index (χ3v) is 6.85. The molecule has 2 atom stereocenters. The van der Waals surface area contributed by atoms with Crippen LogP contribution in [0.3, 0.4) is 0 Å². The number of aromatic amines is 1. The molecule has 3 aromatic rings.